The van der Waals surface area contributed by atoms with Gasteiger partial charge in [0.05, 0.1) is 17.9 Å². The van der Waals surface area contributed by atoms with Crippen LogP contribution in [0.5, 0.6) is 5.75 Å². The fourth-order valence-electron chi connectivity index (χ4n) is 1.69. The number of ether oxygens (including phenoxy) is 1. The Morgan fingerprint density at radius 1 is 1.32 bits per heavy atom. The van der Waals surface area contributed by atoms with Gasteiger partial charge in [0, 0.05) is 5.56 Å². The Balaban J connectivity index is 2.52. The van der Waals surface area contributed by atoms with Gasteiger partial charge in [0.2, 0.25) is 0 Å². The van der Waals surface area contributed by atoms with Gasteiger partial charge in [0.1, 0.15) is 17.2 Å². The average Bonchev–Trinajstić information content (AvgIpc) is 2.45. The lowest BCUT2D eigenvalue weighted by molar-refractivity contribution is 0.112. The molecule has 98 valence electrons. The Kier molecular flexibility index (Phi) is 4.47. The Morgan fingerprint density at radius 3 is 2.84 bits per heavy atom. The van der Waals surface area contributed by atoms with Crippen molar-refractivity contribution in [2.24, 2.45) is 0 Å². The van der Waals surface area contributed by atoms with Gasteiger partial charge in [-0.15, -0.1) is 0 Å². The summed E-state index contributed by atoms with van der Waals surface area (Å²) in [4.78, 5) is 19.1. The summed E-state index contributed by atoms with van der Waals surface area (Å²) in [6, 6.07) is 7.42. The van der Waals surface area contributed by atoms with E-state index < -0.39 is 0 Å². The summed E-state index contributed by atoms with van der Waals surface area (Å²) in [5, 5.41) is 0.144. The number of halogens is 1. The number of nitrogens with zero attached hydrogens (tertiary/aromatic N) is 2. The van der Waals surface area contributed by atoms with E-state index in [1.807, 2.05) is 31.2 Å². The van der Waals surface area contributed by atoms with E-state index in [9.17, 15) is 4.79 Å². The molecule has 0 spiro atoms. The molecular formula is C14H13ClN2O2. The third-order valence-corrected chi connectivity index (χ3v) is 2.86. The van der Waals surface area contributed by atoms with E-state index in [1.54, 1.807) is 0 Å². The van der Waals surface area contributed by atoms with Crippen LogP contribution in [-0.2, 0) is 0 Å². The third kappa shape index (κ3) is 2.90. The van der Waals surface area contributed by atoms with Crippen LogP contribution in [0.25, 0.3) is 11.3 Å². The van der Waals surface area contributed by atoms with Gasteiger partial charge in [-0.1, -0.05) is 30.7 Å². The maximum absolute atomic E-state index is 11.1. The molecule has 0 aliphatic carbocycles. The molecular weight excluding hydrogens is 264 g/mol. The highest BCUT2D eigenvalue weighted by molar-refractivity contribution is 6.32. The van der Waals surface area contributed by atoms with E-state index in [1.165, 1.54) is 6.33 Å². The summed E-state index contributed by atoms with van der Waals surface area (Å²) < 4.78 is 5.66. The quantitative estimate of drug-likeness (QED) is 0.620. The molecule has 1 aromatic heterocycles. The summed E-state index contributed by atoms with van der Waals surface area (Å²) in [5.74, 6) is 0.683. The molecule has 0 unspecified atom stereocenters. The van der Waals surface area contributed by atoms with Crippen LogP contribution in [0, 0.1) is 0 Å². The lowest BCUT2D eigenvalue weighted by Gasteiger charge is -2.11. The molecule has 1 aromatic carbocycles. The summed E-state index contributed by atoms with van der Waals surface area (Å²) in [7, 11) is 0. The fourth-order valence-corrected chi connectivity index (χ4v) is 1.87. The topological polar surface area (TPSA) is 52.1 Å². The number of benzene rings is 1. The van der Waals surface area contributed by atoms with Crippen molar-refractivity contribution in [1.29, 1.82) is 0 Å². The van der Waals surface area contributed by atoms with Crippen LogP contribution in [-0.4, -0.2) is 22.9 Å². The summed E-state index contributed by atoms with van der Waals surface area (Å²) in [5.41, 5.74) is 1.50. The van der Waals surface area contributed by atoms with Crippen LogP contribution in [0.15, 0.2) is 30.6 Å². The first-order valence-corrected chi connectivity index (χ1v) is 6.33. The van der Waals surface area contributed by atoms with Crippen molar-refractivity contribution in [3.05, 3.63) is 41.3 Å². The van der Waals surface area contributed by atoms with Crippen LogP contribution in [0.2, 0.25) is 5.15 Å². The Morgan fingerprint density at radius 2 is 2.11 bits per heavy atom. The predicted molar refractivity (Wildman–Crippen MR) is 73.7 cm³/mol. The Bertz CT molecular complexity index is 587. The van der Waals surface area contributed by atoms with Gasteiger partial charge in [0.15, 0.2) is 6.29 Å². The van der Waals surface area contributed by atoms with Crippen LogP contribution >= 0.6 is 11.6 Å². The van der Waals surface area contributed by atoms with Crippen molar-refractivity contribution >= 4 is 17.9 Å². The molecule has 0 aliphatic rings. The smallest absolute Gasteiger partial charge is 0.155 e. The minimum Gasteiger partial charge on any atom is -0.493 e. The summed E-state index contributed by atoms with van der Waals surface area (Å²) in [6.45, 7) is 2.63. The molecule has 0 radical (unpaired) electrons. The second-order valence-electron chi connectivity index (χ2n) is 3.89. The molecule has 0 atom stereocenters. The maximum atomic E-state index is 11.1. The molecule has 0 saturated heterocycles. The van der Waals surface area contributed by atoms with Crippen molar-refractivity contribution in [3.63, 3.8) is 0 Å². The van der Waals surface area contributed by atoms with Gasteiger partial charge in [-0.3, -0.25) is 4.79 Å². The number of carbonyl (C=O) groups excluding carboxylic acids is 1. The molecule has 0 amide bonds. The fraction of sp³-hybridized carbons (Fsp3) is 0.214. The van der Waals surface area contributed by atoms with Crippen molar-refractivity contribution in [2.75, 3.05) is 6.61 Å². The van der Waals surface area contributed by atoms with Gasteiger partial charge < -0.3 is 4.74 Å². The zero-order valence-corrected chi connectivity index (χ0v) is 11.2. The highest BCUT2D eigenvalue weighted by Crippen LogP contribution is 2.31. The van der Waals surface area contributed by atoms with Crippen LogP contribution < -0.4 is 4.74 Å². The minimum absolute atomic E-state index is 0.144. The van der Waals surface area contributed by atoms with Gasteiger partial charge in [0.25, 0.3) is 0 Å². The third-order valence-electron chi connectivity index (χ3n) is 2.56. The van der Waals surface area contributed by atoms with E-state index in [0.29, 0.717) is 24.3 Å². The summed E-state index contributed by atoms with van der Waals surface area (Å²) >= 11 is 5.91. The molecule has 0 bridgehead atoms. The van der Waals surface area contributed by atoms with Crippen LogP contribution in [0.3, 0.4) is 0 Å². The van der Waals surface area contributed by atoms with Crippen molar-refractivity contribution in [2.45, 2.75) is 13.3 Å². The van der Waals surface area contributed by atoms with Gasteiger partial charge in [-0.05, 0) is 18.6 Å². The number of aromatic nitrogens is 2. The molecule has 5 heteroatoms. The molecule has 4 nitrogen and oxygen atoms in total. The molecule has 2 rings (SSSR count). The van der Waals surface area contributed by atoms with Crippen LogP contribution in [0.1, 0.15) is 23.7 Å². The molecule has 0 fully saturated rings. The normalized spacial score (nSPS) is 10.2. The standard InChI is InChI=1S/C14H13ClN2O2/c1-2-7-19-12-6-4-3-5-10(12)13-11(8-18)14(15)17-9-16-13/h3-6,8-9H,2,7H2,1H3. The van der Waals surface area contributed by atoms with Gasteiger partial charge in [-0.2, -0.15) is 0 Å². The lowest BCUT2D eigenvalue weighted by Crippen LogP contribution is -2.00. The highest BCUT2D eigenvalue weighted by atomic mass is 35.5. The second-order valence-corrected chi connectivity index (χ2v) is 4.25. The molecule has 0 N–H and O–H groups in total. The maximum Gasteiger partial charge on any atom is 0.155 e. The lowest BCUT2D eigenvalue weighted by atomic mass is 10.1. The van der Waals surface area contributed by atoms with E-state index in [0.717, 1.165) is 12.0 Å². The summed E-state index contributed by atoms with van der Waals surface area (Å²) in [6.07, 6.45) is 2.90. The number of hydrogen-bond acceptors (Lipinski definition) is 4. The molecule has 2 aromatic rings. The second kappa shape index (κ2) is 6.29. The van der Waals surface area contributed by atoms with E-state index in [-0.39, 0.29) is 10.7 Å². The van der Waals surface area contributed by atoms with Crippen molar-refractivity contribution in [3.8, 4) is 17.0 Å². The Hall–Kier alpha value is -1.94. The number of para-hydroxylation sites is 1. The zero-order valence-electron chi connectivity index (χ0n) is 10.5. The molecule has 19 heavy (non-hydrogen) atoms. The largest absolute Gasteiger partial charge is 0.493 e. The number of rotatable bonds is 5. The molecule has 0 aliphatic heterocycles. The van der Waals surface area contributed by atoms with E-state index >= 15 is 0 Å². The molecule has 1 heterocycles. The first-order valence-electron chi connectivity index (χ1n) is 5.95. The minimum atomic E-state index is 0.144. The Labute approximate surface area is 116 Å². The van der Waals surface area contributed by atoms with Gasteiger partial charge in [-0.25, -0.2) is 9.97 Å². The van der Waals surface area contributed by atoms with Gasteiger partial charge >= 0.3 is 0 Å². The van der Waals surface area contributed by atoms with Crippen LogP contribution in [0.4, 0.5) is 0 Å². The zero-order chi connectivity index (χ0) is 13.7. The number of hydrogen-bond donors (Lipinski definition) is 0. The van der Waals surface area contributed by atoms with E-state index in [2.05, 4.69) is 9.97 Å². The number of carbonyl (C=O) groups is 1. The number of aldehydes is 1. The van der Waals surface area contributed by atoms with E-state index in [4.69, 9.17) is 16.3 Å². The van der Waals surface area contributed by atoms with Crippen molar-refractivity contribution in [1.82, 2.24) is 9.97 Å². The first-order chi connectivity index (χ1) is 9.27. The highest BCUT2D eigenvalue weighted by Gasteiger charge is 2.14. The predicted octanol–water partition coefficient (Wildman–Crippen LogP) is 3.40. The molecule has 0 saturated carbocycles. The van der Waals surface area contributed by atoms with Crippen molar-refractivity contribution < 1.29 is 9.53 Å². The SMILES string of the molecule is CCCOc1ccccc1-c1ncnc(Cl)c1C=O. The average molecular weight is 277 g/mol. The monoisotopic (exact) mass is 276 g/mol. The first kappa shape index (κ1) is 13.5.